The van der Waals surface area contributed by atoms with Crippen molar-refractivity contribution in [2.75, 3.05) is 6.54 Å². The molecule has 1 rings (SSSR count). The van der Waals surface area contributed by atoms with Crippen LogP contribution in [-0.4, -0.2) is 16.3 Å². The van der Waals surface area contributed by atoms with Crippen LogP contribution >= 0.6 is 34.0 Å². The summed E-state index contributed by atoms with van der Waals surface area (Å²) in [5.41, 5.74) is 5.26. The lowest BCUT2D eigenvalue weighted by Crippen LogP contribution is -2.09. The predicted molar refractivity (Wildman–Crippen MR) is 51.9 cm³/mol. The van der Waals surface area contributed by atoms with E-state index in [2.05, 4.69) is 5.10 Å². The van der Waals surface area contributed by atoms with E-state index in [-0.39, 0.29) is 34.0 Å². The third-order valence-electron chi connectivity index (χ3n) is 0.917. The quantitative estimate of drug-likeness (QED) is 0.873. The zero-order valence-corrected chi connectivity index (χ0v) is 8.86. The standard InChI is InChI=1S/C5H9N3.2BrH/c6-2-5-8-4-1-3-7-8;;/h1,3-4H,2,5-6H2;2*1H. The SMILES string of the molecule is Br.Br.NCCn1cccn1. The number of nitrogens with zero attached hydrogens (tertiary/aromatic N) is 2. The molecule has 0 amide bonds. The van der Waals surface area contributed by atoms with Crippen LogP contribution < -0.4 is 5.73 Å². The van der Waals surface area contributed by atoms with Crippen LogP contribution in [0, 0.1) is 0 Å². The van der Waals surface area contributed by atoms with Gasteiger partial charge in [0.25, 0.3) is 0 Å². The van der Waals surface area contributed by atoms with E-state index in [0.29, 0.717) is 6.54 Å². The summed E-state index contributed by atoms with van der Waals surface area (Å²) in [6.07, 6.45) is 3.64. The maximum atomic E-state index is 5.26. The minimum Gasteiger partial charge on any atom is -0.329 e. The molecule has 0 aliphatic heterocycles. The summed E-state index contributed by atoms with van der Waals surface area (Å²) in [6.45, 7) is 1.47. The summed E-state index contributed by atoms with van der Waals surface area (Å²) in [7, 11) is 0. The highest BCUT2D eigenvalue weighted by Crippen LogP contribution is 1.80. The molecule has 2 N–H and O–H groups in total. The maximum absolute atomic E-state index is 5.26. The lowest BCUT2D eigenvalue weighted by molar-refractivity contribution is 0.625. The molecule has 0 saturated carbocycles. The highest BCUT2D eigenvalue weighted by atomic mass is 79.9. The second-order valence-corrected chi connectivity index (χ2v) is 1.56. The minimum absolute atomic E-state index is 0. The Morgan fingerprint density at radius 3 is 2.50 bits per heavy atom. The molecule has 0 aromatic carbocycles. The van der Waals surface area contributed by atoms with Gasteiger partial charge in [0.1, 0.15) is 0 Å². The number of hydrogen-bond acceptors (Lipinski definition) is 2. The molecular weight excluding hydrogens is 262 g/mol. The van der Waals surface area contributed by atoms with Crippen LogP contribution in [0.3, 0.4) is 0 Å². The van der Waals surface area contributed by atoms with Crippen molar-refractivity contribution in [3.05, 3.63) is 18.5 Å². The van der Waals surface area contributed by atoms with E-state index >= 15 is 0 Å². The van der Waals surface area contributed by atoms with Crippen molar-refractivity contribution in [2.45, 2.75) is 6.54 Å². The van der Waals surface area contributed by atoms with E-state index in [1.165, 1.54) is 0 Å². The van der Waals surface area contributed by atoms with Gasteiger partial charge >= 0.3 is 0 Å². The van der Waals surface area contributed by atoms with Crippen LogP contribution in [0.1, 0.15) is 0 Å². The van der Waals surface area contributed by atoms with Crippen molar-refractivity contribution in [3.63, 3.8) is 0 Å². The average Bonchev–Trinajstić information content (AvgIpc) is 2.19. The third kappa shape index (κ3) is 4.03. The molecule has 5 heteroatoms. The summed E-state index contributed by atoms with van der Waals surface area (Å²) in [5.74, 6) is 0. The lowest BCUT2D eigenvalue weighted by Gasteiger charge is -1.93. The first kappa shape index (κ1) is 12.8. The molecule has 0 aliphatic carbocycles. The zero-order chi connectivity index (χ0) is 5.82. The Bertz CT molecular complexity index is 141. The van der Waals surface area contributed by atoms with Gasteiger partial charge in [0.2, 0.25) is 0 Å². The molecule has 10 heavy (non-hydrogen) atoms. The second-order valence-electron chi connectivity index (χ2n) is 1.56. The maximum Gasteiger partial charge on any atom is 0.0531 e. The molecule has 1 aromatic heterocycles. The van der Waals surface area contributed by atoms with Crippen molar-refractivity contribution in [3.8, 4) is 0 Å². The Morgan fingerprint density at radius 2 is 2.10 bits per heavy atom. The Morgan fingerprint density at radius 1 is 1.40 bits per heavy atom. The van der Waals surface area contributed by atoms with Gasteiger partial charge in [0.15, 0.2) is 0 Å². The molecule has 1 aromatic rings. The van der Waals surface area contributed by atoms with Gasteiger partial charge in [-0.15, -0.1) is 34.0 Å². The van der Waals surface area contributed by atoms with Gasteiger partial charge < -0.3 is 5.73 Å². The molecular formula is C5H11Br2N3. The molecule has 0 unspecified atom stereocenters. The number of halogens is 2. The van der Waals surface area contributed by atoms with Crippen molar-refractivity contribution in [2.24, 2.45) is 5.73 Å². The third-order valence-corrected chi connectivity index (χ3v) is 0.917. The van der Waals surface area contributed by atoms with Crippen LogP contribution in [0.25, 0.3) is 0 Å². The number of hydrogen-bond donors (Lipinski definition) is 1. The van der Waals surface area contributed by atoms with Gasteiger partial charge in [-0.05, 0) is 6.07 Å². The topological polar surface area (TPSA) is 43.8 Å². The van der Waals surface area contributed by atoms with Gasteiger partial charge in [-0.25, -0.2) is 0 Å². The van der Waals surface area contributed by atoms with E-state index in [1.54, 1.807) is 10.9 Å². The monoisotopic (exact) mass is 271 g/mol. The predicted octanol–water partition coefficient (Wildman–Crippen LogP) is 0.998. The van der Waals surface area contributed by atoms with E-state index in [9.17, 15) is 0 Å². The Balaban J connectivity index is 0. The molecule has 0 bridgehead atoms. The first-order valence-corrected chi connectivity index (χ1v) is 2.61. The minimum atomic E-state index is 0. The van der Waals surface area contributed by atoms with Gasteiger partial charge in [0.05, 0.1) is 6.54 Å². The molecule has 0 aliphatic rings. The highest BCUT2D eigenvalue weighted by Gasteiger charge is 1.82. The molecule has 60 valence electrons. The van der Waals surface area contributed by atoms with E-state index < -0.39 is 0 Å². The number of aromatic nitrogens is 2. The molecule has 3 nitrogen and oxygen atoms in total. The highest BCUT2D eigenvalue weighted by molar-refractivity contribution is 8.93. The van der Waals surface area contributed by atoms with Gasteiger partial charge in [-0.3, -0.25) is 4.68 Å². The Hall–Kier alpha value is 0.130. The van der Waals surface area contributed by atoms with Crippen LogP contribution in [0.5, 0.6) is 0 Å². The fourth-order valence-corrected chi connectivity index (χ4v) is 0.565. The summed E-state index contributed by atoms with van der Waals surface area (Å²) in [6, 6.07) is 1.88. The number of rotatable bonds is 2. The largest absolute Gasteiger partial charge is 0.329 e. The molecule has 0 atom stereocenters. The van der Waals surface area contributed by atoms with Crippen LogP contribution in [-0.2, 0) is 6.54 Å². The van der Waals surface area contributed by atoms with Crippen LogP contribution in [0.15, 0.2) is 18.5 Å². The van der Waals surface area contributed by atoms with E-state index in [0.717, 1.165) is 6.54 Å². The van der Waals surface area contributed by atoms with Crippen LogP contribution in [0.2, 0.25) is 0 Å². The summed E-state index contributed by atoms with van der Waals surface area (Å²) < 4.78 is 1.81. The molecule has 1 heterocycles. The molecule has 0 radical (unpaired) electrons. The number of nitrogens with two attached hydrogens (primary N) is 1. The lowest BCUT2D eigenvalue weighted by atomic mass is 10.6. The average molecular weight is 273 g/mol. The van der Waals surface area contributed by atoms with Crippen molar-refractivity contribution in [1.82, 2.24) is 9.78 Å². The Kier molecular flexibility index (Phi) is 9.25. The van der Waals surface area contributed by atoms with Gasteiger partial charge in [0, 0.05) is 18.9 Å². The van der Waals surface area contributed by atoms with Gasteiger partial charge in [-0.2, -0.15) is 5.10 Å². The van der Waals surface area contributed by atoms with Crippen molar-refractivity contribution in [1.29, 1.82) is 0 Å². The zero-order valence-electron chi connectivity index (χ0n) is 5.43. The van der Waals surface area contributed by atoms with E-state index in [4.69, 9.17) is 5.73 Å². The smallest absolute Gasteiger partial charge is 0.0531 e. The van der Waals surface area contributed by atoms with Crippen molar-refractivity contribution >= 4 is 34.0 Å². The fraction of sp³-hybridized carbons (Fsp3) is 0.400. The van der Waals surface area contributed by atoms with Crippen molar-refractivity contribution < 1.29 is 0 Å². The van der Waals surface area contributed by atoms with Crippen LogP contribution in [0.4, 0.5) is 0 Å². The molecule has 0 spiro atoms. The van der Waals surface area contributed by atoms with E-state index in [1.807, 2.05) is 12.3 Å². The Labute approximate surface area is 81.1 Å². The first-order valence-electron chi connectivity index (χ1n) is 2.61. The molecule has 0 saturated heterocycles. The fourth-order valence-electron chi connectivity index (χ4n) is 0.565. The summed E-state index contributed by atoms with van der Waals surface area (Å²) in [5, 5.41) is 3.94. The summed E-state index contributed by atoms with van der Waals surface area (Å²) in [4.78, 5) is 0. The van der Waals surface area contributed by atoms with Gasteiger partial charge in [-0.1, -0.05) is 0 Å². The second kappa shape index (κ2) is 7.24. The molecule has 0 fully saturated rings. The first-order chi connectivity index (χ1) is 3.93. The normalized spacial score (nSPS) is 7.70. The summed E-state index contributed by atoms with van der Waals surface area (Å²) >= 11 is 0.